The molecule has 1 aliphatic carbocycles. The van der Waals surface area contributed by atoms with Gasteiger partial charge in [-0.1, -0.05) is 53.7 Å². The normalized spacial score (nSPS) is 18.3. The summed E-state index contributed by atoms with van der Waals surface area (Å²) in [6.07, 6.45) is 10.3. The van der Waals surface area contributed by atoms with E-state index in [1.54, 1.807) is 18.0 Å². The van der Waals surface area contributed by atoms with Crippen molar-refractivity contribution in [1.29, 1.82) is 0 Å². The molecule has 0 amide bonds. The van der Waals surface area contributed by atoms with Gasteiger partial charge in [0.1, 0.15) is 5.76 Å². The van der Waals surface area contributed by atoms with Gasteiger partial charge in [0.05, 0.1) is 11.2 Å². The third-order valence-electron chi connectivity index (χ3n) is 3.05. The van der Waals surface area contributed by atoms with Gasteiger partial charge in [0, 0.05) is 10.4 Å². The molecule has 0 saturated carbocycles. The summed E-state index contributed by atoms with van der Waals surface area (Å²) < 4.78 is 5.76. The molecule has 1 nitrogen and oxygen atoms in total. The molecule has 1 aromatic rings. The highest BCUT2D eigenvalue weighted by atomic mass is 35.5. The van der Waals surface area contributed by atoms with Crippen LogP contribution in [0.4, 0.5) is 0 Å². The molecule has 0 saturated heterocycles. The van der Waals surface area contributed by atoms with Crippen LogP contribution in [0.15, 0.2) is 65.5 Å². The van der Waals surface area contributed by atoms with E-state index in [2.05, 4.69) is 18.2 Å². The van der Waals surface area contributed by atoms with Crippen LogP contribution in [0.5, 0.6) is 0 Å². The Bertz CT molecular complexity index is 594. The van der Waals surface area contributed by atoms with Crippen LogP contribution >= 0.6 is 23.4 Å². The molecule has 2 aliphatic rings. The monoisotopic (exact) mass is 288 g/mol. The minimum atomic E-state index is 0.753. The standard InChI is InChI=1S/C16H13ClOS/c17-14-8-6-13(7-9-14)16-15(18-10-11-19-16)12-4-2-1-3-5-12/h1-2,4,6-11H,3,5H2. The molecule has 0 unspecified atom stereocenters. The lowest BCUT2D eigenvalue weighted by molar-refractivity contribution is 0.361. The number of ether oxygens (including phenoxy) is 1. The third-order valence-corrected chi connectivity index (χ3v) is 4.20. The Morgan fingerprint density at radius 3 is 2.74 bits per heavy atom. The van der Waals surface area contributed by atoms with Crippen molar-refractivity contribution < 1.29 is 4.74 Å². The molecule has 0 spiro atoms. The second kappa shape index (κ2) is 5.72. The van der Waals surface area contributed by atoms with Crippen molar-refractivity contribution in [3.8, 4) is 0 Å². The lowest BCUT2D eigenvalue weighted by Crippen LogP contribution is -2.00. The van der Waals surface area contributed by atoms with Crippen molar-refractivity contribution in [1.82, 2.24) is 0 Å². The maximum absolute atomic E-state index is 5.95. The second-order valence-corrected chi connectivity index (χ2v) is 5.68. The number of rotatable bonds is 2. The van der Waals surface area contributed by atoms with Gasteiger partial charge in [-0.2, -0.15) is 0 Å². The topological polar surface area (TPSA) is 9.23 Å². The highest BCUT2D eigenvalue weighted by molar-refractivity contribution is 8.11. The van der Waals surface area contributed by atoms with Gasteiger partial charge in [-0.15, -0.1) is 0 Å². The molecule has 96 valence electrons. The lowest BCUT2D eigenvalue weighted by atomic mass is 10.0. The molecule has 0 N–H and O–H groups in total. The minimum Gasteiger partial charge on any atom is -0.463 e. The Morgan fingerprint density at radius 1 is 1.16 bits per heavy atom. The van der Waals surface area contributed by atoms with Crippen LogP contribution in [0.3, 0.4) is 0 Å². The van der Waals surface area contributed by atoms with Crippen molar-refractivity contribution in [2.75, 3.05) is 0 Å². The quantitative estimate of drug-likeness (QED) is 0.708. The first-order valence-corrected chi connectivity index (χ1v) is 7.45. The summed E-state index contributed by atoms with van der Waals surface area (Å²) in [5, 5.41) is 2.72. The Labute approximate surface area is 122 Å². The van der Waals surface area contributed by atoms with Gasteiger partial charge in [0.2, 0.25) is 0 Å². The van der Waals surface area contributed by atoms with E-state index < -0.39 is 0 Å². The Hall–Kier alpha value is -1.38. The van der Waals surface area contributed by atoms with Crippen LogP contribution < -0.4 is 0 Å². The minimum absolute atomic E-state index is 0.753. The van der Waals surface area contributed by atoms with Gasteiger partial charge in [0.15, 0.2) is 0 Å². The van der Waals surface area contributed by atoms with E-state index in [0.29, 0.717) is 0 Å². The summed E-state index contributed by atoms with van der Waals surface area (Å²) in [6.45, 7) is 0. The predicted octanol–water partition coefficient (Wildman–Crippen LogP) is 5.52. The van der Waals surface area contributed by atoms with Gasteiger partial charge >= 0.3 is 0 Å². The van der Waals surface area contributed by atoms with Crippen LogP contribution in [-0.4, -0.2) is 0 Å². The average Bonchev–Trinajstić information content (AvgIpc) is 2.49. The number of halogens is 1. The molecular weight excluding hydrogens is 276 g/mol. The van der Waals surface area contributed by atoms with Gasteiger partial charge < -0.3 is 4.74 Å². The van der Waals surface area contributed by atoms with E-state index in [9.17, 15) is 0 Å². The van der Waals surface area contributed by atoms with Crippen LogP contribution in [0, 0.1) is 0 Å². The first-order chi connectivity index (χ1) is 9.34. The van der Waals surface area contributed by atoms with Gasteiger partial charge in [-0.3, -0.25) is 0 Å². The number of allylic oxidation sites excluding steroid dienone is 4. The molecule has 3 rings (SSSR count). The van der Waals surface area contributed by atoms with Crippen molar-refractivity contribution in [2.24, 2.45) is 0 Å². The van der Waals surface area contributed by atoms with Crippen molar-refractivity contribution in [2.45, 2.75) is 12.8 Å². The number of hydrogen-bond acceptors (Lipinski definition) is 2. The molecule has 3 heteroatoms. The van der Waals surface area contributed by atoms with Gasteiger partial charge in [0.25, 0.3) is 0 Å². The second-order valence-electron chi connectivity index (χ2n) is 4.33. The van der Waals surface area contributed by atoms with E-state index >= 15 is 0 Å². The summed E-state index contributed by atoms with van der Waals surface area (Å²) in [4.78, 5) is 1.15. The van der Waals surface area contributed by atoms with E-state index in [0.717, 1.165) is 34.1 Å². The highest BCUT2D eigenvalue weighted by Crippen LogP contribution is 2.40. The number of benzene rings is 1. The van der Waals surface area contributed by atoms with E-state index in [1.807, 2.05) is 29.7 Å². The van der Waals surface area contributed by atoms with Crippen LogP contribution in [0.2, 0.25) is 5.02 Å². The fourth-order valence-corrected chi connectivity index (χ4v) is 3.04. The molecule has 19 heavy (non-hydrogen) atoms. The fraction of sp³-hybridized carbons (Fsp3) is 0.125. The van der Waals surface area contributed by atoms with Gasteiger partial charge in [-0.25, -0.2) is 0 Å². The first-order valence-electron chi connectivity index (χ1n) is 6.19. The molecule has 0 bridgehead atoms. The molecule has 0 atom stereocenters. The fourth-order valence-electron chi connectivity index (χ4n) is 2.11. The SMILES string of the molecule is Clc1ccc(C2=C(C3=CC=CCC3)OC=CS2)cc1. The summed E-state index contributed by atoms with van der Waals surface area (Å²) in [6, 6.07) is 7.89. The largest absolute Gasteiger partial charge is 0.463 e. The third kappa shape index (κ3) is 2.80. The summed E-state index contributed by atoms with van der Waals surface area (Å²) in [7, 11) is 0. The molecule has 0 fully saturated rings. The summed E-state index contributed by atoms with van der Waals surface area (Å²) in [5.41, 5.74) is 2.40. The summed E-state index contributed by atoms with van der Waals surface area (Å²) >= 11 is 7.64. The maximum atomic E-state index is 5.95. The van der Waals surface area contributed by atoms with Crippen LogP contribution in [0.1, 0.15) is 18.4 Å². The van der Waals surface area contributed by atoms with Crippen molar-refractivity contribution >= 4 is 28.3 Å². The molecule has 0 aromatic heterocycles. The molecule has 1 aromatic carbocycles. The van der Waals surface area contributed by atoms with E-state index in [4.69, 9.17) is 16.3 Å². The molecule has 1 heterocycles. The van der Waals surface area contributed by atoms with Crippen molar-refractivity contribution in [3.63, 3.8) is 0 Å². The smallest absolute Gasteiger partial charge is 0.144 e. The molecular formula is C16H13ClOS. The Morgan fingerprint density at radius 2 is 2.00 bits per heavy atom. The van der Waals surface area contributed by atoms with Crippen molar-refractivity contribution in [3.05, 3.63) is 76.1 Å². The first kappa shape index (κ1) is 12.6. The maximum Gasteiger partial charge on any atom is 0.144 e. The lowest BCUT2D eigenvalue weighted by Gasteiger charge is -2.20. The average molecular weight is 289 g/mol. The zero-order chi connectivity index (χ0) is 13.1. The zero-order valence-electron chi connectivity index (χ0n) is 10.3. The summed E-state index contributed by atoms with van der Waals surface area (Å²) in [5.74, 6) is 0.971. The Balaban J connectivity index is 2.03. The highest BCUT2D eigenvalue weighted by Gasteiger charge is 2.18. The van der Waals surface area contributed by atoms with E-state index in [-0.39, 0.29) is 0 Å². The Kier molecular flexibility index (Phi) is 3.81. The number of hydrogen-bond donors (Lipinski definition) is 0. The molecule has 1 aliphatic heterocycles. The van der Waals surface area contributed by atoms with Crippen LogP contribution in [0.25, 0.3) is 4.91 Å². The van der Waals surface area contributed by atoms with Crippen LogP contribution in [-0.2, 0) is 4.74 Å². The van der Waals surface area contributed by atoms with E-state index in [1.165, 1.54) is 5.57 Å². The predicted molar refractivity (Wildman–Crippen MR) is 82.6 cm³/mol. The zero-order valence-corrected chi connectivity index (χ0v) is 11.9. The number of thioether (sulfide) groups is 1. The molecule has 0 radical (unpaired) electrons. The van der Waals surface area contributed by atoms with Gasteiger partial charge in [-0.05, 0) is 36.1 Å².